The molecule has 0 spiro atoms. The summed E-state index contributed by atoms with van der Waals surface area (Å²) in [5.41, 5.74) is 0.543. The van der Waals surface area contributed by atoms with Gasteiger partial charge in [-0.2, -0.15) is 0 Å². The van der Waals surface area contributed by atoms with Gasteiger partial charge < -0.3 is 5.21 Å². The molecule has 1 aromatic rings. The zero-order valence-electron chi connectivity index (χ0n) is 6.61. The normalized spacial score (nSPS) is 12.3. The molecular weight excluding hydrogens is 193 g/mol. The molecule has 0 radical (unpaired) electrons. The zero-order chi connectivity index (χ0) is 9.68. The summed E-state index contributed by atoms with van der Waals surface area (Å²) < 4.78 is 12.7. The summed E-state index contributed by atoms with van der Waals surface area (Å²) in [7, 11) is 0. The molecule has 2 nitrogen and oxygen atoms in total. The smallest absolute Gasteiger partial charge is 0.123 e. The van der Waals surface area contributed by atoms with E-state index in [9.17, 15) is 4.39 Å². The lowest BCUT2D eigenvalue weighted by Crippen LogP contribution is -1.80. The standard InChI is InChI=1S/C9H7ClFNO/c10-9(4-5-12-13)7-2-1-3-8(11)6-7/h1-6,13H/b9-4-,12-5-. The summed E-state index contributed by atoms with van der Waals surface area (Å²) in [6.45, 7) is 0. The first-order valence-electron chi connectivity index (χ1n) is 3.53. The molecule has 0 amide bonds. The molecule has 0 saturated heterocycles. The first-order chi connectivity index (χ1) is 6.24. The second kappa shape index (κ2) is 4.62. The highest BCUT2D eigenvalue weighted by Gasteiger charge is 1.97. The third-order valence-electron chi connectivity index (χ3n) is 1.39. The molecule has 0 unspecified atom stereocenters. The van der Waals surface area contributed by atoms with Crippen molar-refractivity contribution in [1.29, 1.82) is 0 Å². The number of allylic oxidation sites excluding steroid dienone is 1. The molecule has 13 heavy (non-hydrogen) atoms. The molecule has 0 saturated carbocycles. The van der Waals surface area contributed by atoms with E-state index in [1.807, 2.05) is 0 Å². The van der Waals surface area contributed by atoms with Crippen molar-refractivity contribution in [3.8, 4) is 0 Å². The molecule has 0 aromatic heterocycles. The van der Waals surface area contributed by atoms with Gasteiger partial charge in [0.25, 0.3) is 0 Å². The minimum absolute atomic E-state index is 0.317. The fraction of sp³-hybridized carbons (Fsp3) is 0. The minimum atomic E-state index is -0.356. The Morgan fingerprint density at radius 2 is 2.31 bits per heavy atom. The summed E-state index contributed by atoms with van der Waals surface area (Å²) in [6, 6.07) is 5.84. The lowest BCUT2D eigenvalue weighted by atomic mass is 10.2. The Morgan fingerprint density at radius 1 is 1.54 bits per heavy atom. The minimum Gasteiger partial charge on any atom is -0.411 e. The van der Waals surface area contributed by atoms with Crippen molar-refractivity contribution < 1.29 is 9.60 Å². The zero-order valence-corrected chi connectivity index (χ0v) is 7.37. The summed E-state index contributed by atoms with van der Waals surface area (Å²) in [5.74, 6) is -0.356. The number of hydrogen-bond acceptors (Lipinski definition) is 2. The predicted octanol–water partition coefficient (Wildman–Crippen LogP) is 2.87. The summed E-state index contributed by atoms with van der Waals surface area (Å²) in [4.78, 5) is 0. The molecule has 4 heteroatoms. The molecule has 0 bridgehead atoms. The van der Waals surface area contributed by atoms with Gasteiger partial charge in [-0.05, 0) is 23.8 Å². The SMILES string of the molecule is O/N=C\C=C(/Cl)c1cccc(F)c1. The number of halogens is 2. The van der Waals surface area contributed by atoms with Crippen molar-refractivity contribution in [2.45, 2.75) is 0 Å². The van der Waals surface area contributed by atoms with Crippen LogP contribution in [0.4, 0.5) is 4.39 Å². The van der Waals surface area contributed by atoms with Gasteiger partial charge in [0, 0.05) is 5.03 Å². The molecule has 1 rings (SSSR count). The number of oxime groups is 1. The third-order valence-corrected chi connectivity index (χ3v) is 1.73. The van der Waals surface area contributed by atoms with Crippen LogP contribution in [-0.2, 0) is 0 Å². The maximum atomic E-state index is 12.7. The average molecular weight is 200 g/mol. The fourth-order valence-corrected chi connectivity index (χ4v) is 1.01. The van der Waals surface area contributed by atoms with E-state index < -0.39 is 0 Å². The van der Waals surface area contributed by atoms with E-state index in [0.29, 0.717) is 10.6 Å². The van der Waals surface area contributed by atoms with Crippen LogP contribution in [0.3, 0.4) is 0 Å². The van der Waals surface area contributed by atoms with Crippen molar-refractivity contribution in [3.05, 3.63) is 41.7 Å². The molecular formula is C9H7ClFNO. The number of nitrogens with zero attached hydrogens (tertiary/aromatic N) is 1. The lowest BCUT2D eigenvalue weighted by Gasteiger charge is -1.96. The number of hydrogen-bond donors (Lipinski definition) is 1. The number of rotatable bonds is 2. The van der Waals surface area contributed by atoms with E-state index in [1.165, 1.54) is 18.2 Å². The van der Waals surface area contributed by atoms with Crippen LogP contribution in [0.5, 0.6) is 0 Å². The van der Waals surface area contributed by atoms with E-state index in [1.54, 1.807) is 12.1 Å². The molecule has 0 heterocycles. The van der Waals surface area contributed by atoms with Gasteiger partial charge in [0.1, 0.15) is 5.82 Å². The van der Waals surface area contributed by atoms with Gasteiger partial charge in [0.2, 0.25) is 0 Å². The lowest BCUT2D eigenvalue weighted by molar-refractivity contribution is 0.322. The maximum Gasteiger partial charge on any atom is 0.123 e. The topological polar surface area (TPSA) is 32.6 Å². The van der Waals surface area contributed by atoms with E-state index in [2.05, 4.69) is 5.16 Å². The van der Waals surface area contributed by atoms with Crippen LogP contribution < -0.4 is 0 Å². The largest absolute Gasteiger partial charge is 0.411 e. The predicted molar refractivity (Wildman–Crippen MR) is 50.5 cm³/mol. The monoisotopic (exact) mass is 199 g/mol. The molecule has 68 valence electrons. The summed E-state index contributed by atoms with van der Waals surface area (Å²) in [6.07, 6.45) is 2.49. The van der Waals surface area contributed by atoms with Crippen molar-refractivity contribution in [2.24, 2.45) is 5.16 Å². The van der Waals surface area contributed by atoms with Crippen molar-refractivity contribution >= 4 is 22.8 Å². The Hall–Kier alpha value is -1.35. The highest BCUT2D eigenvalue weighted by molar-refractivity contribution is 6.49. The Morgan fingerprint density at radius 3 is 2.92 bits per heavy atom. The average Bonchev–Trinajstić information content (AvgIpc) is 2.14. The maximum absolute atomic E-state index is 12.7. The first kappa shape index (κ1) is 9.74. The van der Waals surface area contributed by atoms with Gasteiger partial charge in [0.05, 0.1) is 6.21 Å². The number of benzene rings is 1. The van der Waals surface area contributed by atoms with E-state index in [-0.39, 0.29) is 5.82 Å². The van der Waals surface area contributed by atoms with Crippen LogP contribution in [0.25, 0.3) is 5.03 Å². The van der Waals surface area contributed by atoms with Crippen LogP contribution in [0.1, 0.15) is 5.56 Å². The van der Waals surface area contributed by atoms with Gasteiger partial charge >= 0.3 is 0 Å². The Kier molecular flexibility index (Phi) is 3.46. The van der Waals surface area contributed by atoms with E-state index >= 15 is 0 Å². The Balaban J connectivity index is 2.94. The fourth-order valence-electron chi connectivity index (χ4n) is 0.832. The summed E-state index contributed by atoms with van der Waals surface area (Å²) in [5, 5.41) is 11.2. The van der Waals surface area contributed by atoms with Crippen LogP contribution in [-0.4, -0.2) is 11.4 Å². The Labute approximate surface area is 79.9 Å². The van der Waals surface area contributed by atoms with Crippen LogP contribution in [0.15, 0.2) is 35.5 Å². The highest BCUT2D eigenvalue weighted by Crippen LogP contribution is 2.18. The van der Waals surface area contributed by atoms with Gasteiger partial charge in [-0.3, -0.25) is 0 Å². The Bertz CT molecular complexity index is 349. The van der Waals surface area contributed by atoms with Gasteiger partial charge in [-0.1, -0.05) is 28.9 Å². The molecule has 0 aliphatic carbocycles. The molecule has 0 atom stereocenters. The first-order valence-corrected chi connectivity index (χ1v) is 3.91. The van der Waals surface area contributed by atoms with Crippen molar-refractivity contribution in [3.63, 3.8) is 0 Å². The third kappa shape index (κ3) is 2.87. The van der Waals surface area contributed by atoms with Gasteiger partial charge in [0.15, 0.2) is 0 Å². The van der Waals surface area contributed by atoms with Crippen molar-refractivity contribution in [2.75, 3.05) is 0 Å². The molecule has 0 aliphatic heterocycles. The van der Waals surface area contributed by atoms with Crippen molar-refractivity contribution in [1.82, 2.24) is 0 Å². The van der Waals surface area contributed by atoms with Crippen LogP contribution >= 0.6 is 11.6 Å². The van der Waals surface area contributed by atoms with E-state index in [4.69, 9.17) is 16.8 Å². The highest BCUT2D eigenvalue weighted by atomic mass is 35.5. The molecule has 1 N–H and O–H groups in total. The molecule has 1 aromatic carbocycles. The molecule has 0 aliphatic rings. The summed E-state index contributed by atoms with van der Waals surface area (Å²) >= 11 is 5.75. The molecule has 0 fully saturated rings. The van der Waals surface area contributed by atoms with Crippen LogP contribution in [0, 0.1) is 5.82 Å². The van der Waals surface area contributed by atoms with Gasteiger partial charge in [-0.15, -0.1) is 0 Å². The van der Waals surface area contributed by atoms with Crippen LogP contribution in [0.2, 0.25) is 0 Å². The van der Waals surface area contributed by atoms with E-state index in [0.717, 1.165) is 6.21 Å². The second-order valence-electron chi connectivity index (χ2n) is 2.29. The van der Waals surface area contributed by atoms with Gasteiger partial charge in [-0.25, -0.2) is 4.39 Å². The second-order valence-corrected chi connectivity index (χ2v) is 2.70. The quantitative estimate of drug-likeness (QED) is 0.443.